The average molecular weight is 324 g/mol. The second kappa shape index (κ2) is 6.34. The number of ether oxygens (including phenoxy) is 1. The molecule has 0 spiro atoms. The minimum atomic E-state index is -0.936. The number of aromatic nitrogens is 1. The van der Waals surface area contributed by atoms with Crippen molar-refractivity contribution in [3.8, 4) is 0 Å². The maximum absolute atomic E-state index is 12.6. The highest BCUT2D eigenvalue weighted by molar-refractivity contribution is 7.09. The van der Waals surface area contributed by atoms with Gasteiger partial charge in [-0.1, -0.05) is 6.92 Å². The minimum Gasteiger partial charge on any atom is -0.480 e. The first-order chi connectivity index (χ1) is 10.6. The Labute approximate surface area is 133 Å². The fraction of sp³-hybridized carbons (Fsp3) is 0.667. The number of aliphatic carboxylic acids is 1. The first kappa shape index (κ1) is 15.4. The number of carboxylic acids is 1. The molecule has 1 aromatic rings. The van der Waals surface area contributed by atoms with Gasteiger partial charge in [0, 0.05) is 18.5 Å². The van der Waals surface area contributed by atoms with Crippen molar-refractivity contribution in [1.82, 2.24) is 9.88 Å². The summed E-state index contributed by atoms with van der Waals surface area (Å²) in [5.74, 6) is -0.891. The molecule has 1 aromatic heterocycles. The second-order valence-corrected chi connectivity index (χ2v) is 6.94. The zero-order chi connectivity index (χ0) is 15.7. The lowest BCUT2D eigenvalue weighted by molar-refractivity contribution is -0.144. The number of amides is 1. The average Bonchev–Trinajstić information content (AvgIpc) is 3.17. The highest BCUT2D eigenvalue weighted by Crippen LogP contribution is 2.31. The number of piperidine rings is 1. The lowest BCUT2D eigenvalue weighted by atomic mass is 9.92. The lowest BCUT2D eigenvalue weighted by Gasteiger charge is -2.35. The minimum absolute atomic E-state index is 0.0109. The molecule has 7 heteroatoms. The van der Waals surface area contributed by atoms with Crippen molar-refractivity contribution in [2.45, 2.75) is 44.8 Å². The lowest BCUT2D eigenvalue weighted by Crippen LogP contribution is -2.49. The van der Waals surface area contributed by atoms with Gasteiger partial charge in [-0.3, -0.25) is 4.79 Å². The summed E-state index contributed by atoms with van der Waals surface area (Å²) in [5.41, 5.74) is 0.344. The fourth-order valence-electron chi connectivity index (χ4n) is 3.07. The van der Waals surface area contributed by atoms with Crippen molar-refractivity contribution < 1.29 is 19.4 Å². The molecule has 0 aromatic carbocycles. The molecule has 6 nitrogen and oxygen atoms in total. The predicted molar refractivity (Wildman–Crippen MR) is 80.9 cm³/mol. The van der Waals surface area contributed by atoms with Crippen LogP contribution in [-0.2, 0) is 9.53 Å². The number of thiazole rings is 1. The molecule has 1 N–H and O–H groups in total. The zero-order valence-electron chi connectivity index (χ0n) is 12.5. The normalized spacial score (nSPS) is 28.8. The summed E-state index contributed by atoms with van der Waals surface area (Å²) in [6.07, 6.45) is 3.27. The van der Waals surface area contributed by atoms with Crippen LogP contribution >= 0.6 is 11.3 Å². The summed E-state index contributed by atoms with van der Waals surface area (Å²) in [7, 11) is 0. The van der Waals surface area contributed by atoms with Crippen molar-refractivity contribution >= 4 is 23.2 Å². The van der Waals surface area contributed by atoms with E-state index in [2.05, 4.69) is 4.98 Å². The summed E-state index contributed by atoms with van der Waals surface area (Å²) in [6.45, 7) is 3.23. The van der Waals surface area contributed by atoms with E-state index >= 15 is 0 Å². The second-order valence-electron chi connectivity index (χ2n) is 6.05. The molecule has 22 heavy (non-hydrogen) atoms. The van der Waals surface area contributed by atoms with E-state index < -0.39 is 12.0 Å². The van der Waals surface area contributed by atoms with Gasteiger partial charge in [-0.25, -0.2) is 9.78 Å². The first-order valence-electron chi connectivity index (χ1n) is 7.67. The molecular weight excluding hydrogens is 304 g/mol. The van der Waals surface area contributed by atoms with Crippen molar-refractivity contribution in [3.05, 3.63) is 16.1 Å². The predicted octanol–water partition coefficient (Wildman–Crippen LogP) is 2.32. The summed E-state index contributed by atoms with van der Waals surface area (Å²) in [4.78, 5) is 29.9. The van der Waals surface area contributed by atoms with Gasteiger partial charge in [-0.15, -0.1) is 11.3 Å². The molecule has 2 saturated heterocycles. The van der Waals surface area contributed by atoms with Gasteiger partial charge in [-0.2, -0.15) is 0 Å². The van der Waals surface area contributed by atoms with Crippen LogP contribution in [0.15, 0.2) is 5.38 Å². The van der Waals surface area contributed by atoms with Crippen LogP contribution in [0.3, 0.4) is 0 Å². The van der Waals surface area contributed by atoms with Crippen LogP contribution in [0.5, 0.6) is 0 Å². The maximum atomic E-state index is 12.6. The number of carbonyl (C=O) groups excluding carboxylic acids is 1. The molecule has 3 heterocycles. The van der Waals surface area contributed by atoms with Gasteiger partial charge in [-0.05, 0) is 31.6 Å². The van der Waals surface area contributed by atoms with E-state index in [1.54, 1.807) is 5.38 Å². The Morgan fingerprint density at radius 2 is 2.27 bits per heavy atom. The van der Waals surface area contributed by atoms with Crippen LogP contribution in [0.1, 0.15) is 54.2 Å². The highest BCUT2D eigenvalue weighted by Gasteiger charge is 2.36. The van der Waals surface area contributed by atoms with E-state index in [1.165, 1.54) is 16.2 Å². The van der Waals surface area contributed by atoms with Crippen LogP contribution in [0, 0.1) is 5.92 Å². The Morgan fingerprint density at radius 1 is 1.45 bits per heavy atom. The molecule has 2 aliphatic heterocycles. The molecular formula is C15H20N2O4S. The number of hydrogen-bond donors (Lipinski definition) is 1. The number of carbonyl (C=O) groups is 2. The standard InChI is InChI=1S/C15H20N2O4S/c1-9-4-5-17(11(7-9)15(19)20)14(18)10-8-22-13(16-10)12-3-2-6-21-12/h8-9,11-12H,2-7H2,1H3,(H,19,20). The van der Waals surface area contributed by atoms with Gasteiger partial charge in [0.1, 0.15) is 22.8 Å². The van der Waals surface area contributed by atoms with E-state index in [9.17, 15) is 14.7 Å². The summed E-state index contributed by atoms with van der Waals surface area (Å²) >= 11 is 1.42. The Balaban J connectivity index is 1.76. The Hall–Kier alpha value is -1.47. The van der Waals surface area contributed by atoms with E-state index in [-0.39, 0.29) is 12.0 Å². The molecule has 3 unspecified atom stereocenters. The van der Waals surface area contributed by atoms with E-state index in [1.807, 2.05) is 6.92 Å². The molecule has 3 atom stereocenters. The third kappa shape index (κ3) is 3.01. The van der Waals surface area contributed by atoms with Crippen LogP contribution in [0.4, 0.5) is 0 Å². The van der Waals surface area contributed by atoms with Crippen molar-refractivity contribution in [3.63, 3.8) is 0 Å². The first-order valence-corrected chi connectivity index (χ1v) is 8.55. The van der Waals surface area contributed by atoms with Gasteiger partial charge < -0.3 is 14.7 Å². The highest BCUT2D eigenvalue weighted by atomic mass is 32.1. The molecule has 2 aliphatic rings. The van der Waals surface area contributed by atoms with Crippen LogP contribution < -0.4 is 0 Å². The number of nitrogens with zero attached hydrogens (tertiary/aromatic N) is 2. The van der Waals surface area contributed by atoms with Gasteiger partial charge in [0.05, 0.1) is 0 Å². The molecule has 2 fully saturated rings. The smallest absolute Gasteiger partial charge is 0.326 e. The van der Waals surface area contributed by atoms with Crippen LogP contribution in [0.2, 0.25) is 0 Å². The third-order valence-corrected chi connectivity index (χ3v) is 5.29. The van der Waals surface area contributed by atoms with Gasteiger partial charge in [0.15, 0.2) is 0 Å². The number of likely N-dealkylation sites (tertiary alicyclic amines) is 1. The van der Waals surface area contributed by atoms with E-state index in [0.717, 1.165) is 30.9 Å². The molecule has 0 saturated carbocycles. The van der Waals surface area contributed by atoms with E-state index in [0.29, 0.717) is 24.6 Å². The van der Waals surface area contributed by atoms with Crippen molar-refractivity contribution in [2.75, 3.05) is 13.2 Å². The topological polar surface area (TPSA) is 79.7 Å². The largest absolute Gasteiger partial charge is 0.480 e. The van der Waals surface area contributed by atoms with E-state index in [4.69, 9.17) is 4.74 Å². The van der Waals surface area contributed by atoms with Gasteiger partial charge in [0.25, 0.3) is 5.91 Å². The summed E-state index contributed by atoms with van der Waals surface area (Å²) < 4.78 is 5.58. The number of carboxylic acid groups (broad SMARTS) is 1. The van der Waals surface area contributed by atoms with Crippen LogP contribution in [-0.4, -0.2) is 46.1 Å². The third-order valence-electron chi connectivity index (χ3n) is 4.36. The quantitative estimate of drug-likeness (QED) is 0.923. The monoisotopic (exact) mass is 324 g/mol. The number of hydrogen-bond acceptors (Lipinski definition) is 5. The molecule has 0 aliphatic carbocycles. The molecule has 0 radical (unpaired) electrons. The molecule has 0 bridgehead atoms. The zero-order valence-corrected chi connectivity index (χ0v) is 13.3. The Morgan fingerprint density at radius 3 is 2.95 bits per heavy atom. The SMILES string of the molecule is CC1CCN(C(=O)c2csc(C3CCCO3)n2)C(C(=O)O)C1. The molecule has 3 rings (SSSR count). The molecule has 1 amide bonds. The Kier molecular flexibility index (Phi) is 4.44. The van der Waals surface area contributed by atoms with Gasteiger partial charge in [0.2, 0.25) is 0 Å². The van der Waals surface area contributed by atoms with Crippen molar-refractivity contribution in [1.29, 1.82) is 0 Å². The number of rotatable bonds is 3. The fourth-order valence-corrected chi connectivity index (χ4v) is 3.95. The Bertz CT molecular complexity index is 568. The van der Waals surface area contributed by atoms with Crippen molar-refractivity contribution in [2.24, 2.45) is 5.92 Å². The molecule has 120 valence electrons. The maximum Gasteiger partial charge on any atom is 0.326 e. The summed E-state index contributed by atoms with van der Waals surface area (Å²) in [6, 6.07) is -0.746. The van der Waals surface area contributed by atoms with Gasteiger partial charge >= 0.3 is 5.97 Å². The summed E-state index contributed by atoms with van der Waals surface area (Å²) in [5, 5.41) is 11.9. The van der Waals surface area contributed by atoms with Crippen LogP contribution in [0.25, 0.3) is 0 Å².